The zero-order chi connectivity index (χ0) is 17.5. The number of nitrogens with one attached hydrogen (secondary N) is 1. The molecule has 1 N–H and O–H groups in total. The van der Waals surface area contributed by atoms with Crippen molar-refractivity contribution in [2.45, 2.75) is 20.8 Å². The number of aryl methyl sites for hydroxylation is 3. The van der Waals surface area contributed by atoms with Crippen LogP contribution < -0.4 is 14.8 Å². The highest BCUT2D eigenvalue weighted by Crippen LogP contribution is 2.22. The fourth-order valence-electron chi connectivity index (χ4n) is 2.17. The Labute approximate surface area is 147 Å². The molecule has 24 heavy (non-hydrogen) atoms. The molecule has 0 radical (unpaired) electrons. The average molecular weight is 348 g/mol. The molecule has 5 heteroatoms. The van der Waals surface area contributed by atoms with Crippen molar-refractivity contribution in [2.75, 3.05) is 19.8 Å². The van der Waals surface area contributed by atoms with Crippen molar-refractivity contribution < 1.29 is 14.3 Å². The summed E-state index contributed by atoms with van der Waals surface area (Å²) in [4.78, 5) is 11.7. The van der Waals surface area contributed by atoms with E-state index in [1.165, 1.54) is 11.1 Å². The zero-order valence-electron chi connectivity index (χ0n) is 14.2. The fraction of sp³-hybridized carbons (Fsp3) is 0.316. The molecule has 2 aromatic rings. The molecule has 128 valence electrons. The van der Waals surface area contributed by atoms with Gasteiger partial charge in [0.15, 0.2) is 6.61 Å². The second-order valence-electron chi connectivity index (χ2n) is 5.64. The van der Waals surface area contributed by atoms with Gasteiger partial charge in [0.1, 0.15) is 18.1 Å². The van der Waals surface area contributed by atoms with Crippen LogP contribution in [0, 0.1) is 20.8 Å². The van der Waals surface area contributed by atoms with E-state index in [1.807, 2.05) is 13.0 Å². The van der Waals surface area contributed by atoms with E-state index in [2.05, 4.69) is 25.2 Å². The standard InChI is InChI=1S/C19H22ClNO3/c1-13-10-15(3)18(11-14(13)2)23-9-8-21-19(22)12-24-17-6-4-16(20)5-7-17/h4-7,10-11H,8-9,12H2,1-3H3,(H,21,22). The molecular weight excluding hydrogens is 326 g/mol. The number of carbonyl (C=O) groups excluding carboxylic acids is 1. The third-order valence-corrected chi connectivity index (χ3v) is 3.91. The van der Waals surface area contributed by atoms with Gasteiger partial charge >= 0.3 is 0 Å². The SMILES string of the molecule is Cc1cc(C)c(OCCNC(=O)COc2ccc(Cl)cc2)cc1C. The van der Waals surface area contributed by atoms with Gasteiger partial charge in [-0.15, -0.1) is 0 Å². The lowest BCUT2D eigenvalue weighted by Gasteiger charge is -2.12. The molecule has 0 heterocycles. The number of halogens is 1. The second-order valence-corrected chi connectivity index (χ2v) is 6.08. The maximum Gasteiger partial charge on any atom is 0.258 e. The van der Waals surface area contributed by atoms with Crippen LogP contribution >= 0.6 is 11.6 Å². The van der Waals surface area contributed by atoms with Crippen LogP contribution in [0.5, 0.6) is 11.5 Å². The van der Waals surface area contributed by atoms with E-state index in [0.717, 1.165) is 11.3 Å². The van der Waals surface area contributed by atoms with Crippen molar-refractivity contribution in [1.29, 1.82) is 0 Å². The lowest BCUT2D eigenvalue weighted by atomic mass is 10.1. The summed E-state index contributed by atoms with van der Waals surface area (Å²) >= 11 is 5.79. The Kier molecular flexibility index (Phi) is 6.50. The number of benzene rings is 2. The molecule has 0 bridgehead atoms. The average Bonchev–Trinajstić information content (AvgIpc) is 2.55. The summed E-state index contributed by atoms with van der Waals surface area (Å²) < 4.78 is 11.1. The normalized spacial score (nSPS) is 10.3. The van der Waals surface area contributed by atoms with E-state index in [0.29, 0.717) is 23.9 Å². The van der Waals surface area contributed by atoms with Crippen LogP contribution in [0.3, 0.4) is 0 Å². The molecule has 2 rings (SSSR count). The highest BCUT2D eigenvalue weighted by Gasteiger charge is 2.05. The minimum absolute atomic E-state index is 0.0374. The van der Waals surface area contributed by atoms with Gasteiger partial charge in [-0.1, -0.05) is 17.7 Å². The molecule has 0 aliphatic carbocycles. The molecule has 0 saturated heterocycles. The number of rotatable bonds is 7. The van der Waals surface area contributed by atoms with Crippen molar-refractivity contribution in [2.24, 2.45) is 0 Å². The van der Waals surface area contributed by atoms with Crippen LogP contribution in [-0.4, -0.2) is 25.7 Å². The quantitative estimate of drug-likeness (QED) is 0.774. The van der Waals surface area contributed by atoms with E-state index < -0.39 is 0 Å². The van der Waals surface area contributed by atoms with E-state index in [9.17, 15) is 4.79 Å². The summed E-state index contributed by atoms with van der Waals surface area (Å²) in [6, 6.07) is 11.0. The summed E-state index contributed by atoms with van der Waals surface area (Å²) in [5, 5.41) is 3.40. The summed E-state index contributed by atoms with van der Waals surface area (Å²) in [7, 11) is 0. The third-order valence-electron chi connectivity index (χ3n) is 3.66. The van der Waals surface area contributed by atoms with Crippen LogP contribution in [0.1, 0.15) is 16.7 Å². The Balaban J connectivity index is 1.69. The first-order valence-corrected chi connectivity index (χ1v) is 8.19. The van der Waals surface area contributed by atoms with Crippen LogP contribution in [-0.2, 0) is 4.79 Å². The Hall–Kier alpha value is -2.20. The van der Waals surface area contributed by atoms with Gasteiger partial charge in [-0.2, -0.15) is 0 Å². The van der Waals surface area contributed by atoms with Gasteiger partial charge < -0.3 is 14.8 Å². The predicted molar refractivity (Wildman–Crippen MR) is 96.1 cm³/mol. The fourth-order valence-corrected chi connectivity index (χ4v) is 2.30. The minimum atomic E-state index is -0.189. The second kappa shape index (κ2) is 8.60. The number of amides is 1. The Morgan fingerprint density at radius 1 is 1.00 bits per heavy atom. The molecule has 0 saturated carbocycles. The summed E-state index contributed by atoms with van der Waals surface area (Å²) in [5.74, 6) is 1.27. The summed E-state index contributed by atoms with van der Waals surface area (Å²) in [6.07, 6.45) is 0. The Bertz CT molecular complexity index is 699. The molecule has 2 aromatic carbocycles. The van der Waals surface area contributed by atoms with Crippen molar-refractivity contribution in [3.05, 3.63) is 58.1 Å². The first-order chi connectivity index (χ1) is 11.5. The van der Waals surface area contributed by atoms with Crippen LogP contribution in [0.2, 0.25) is 5.02 Å². The number of ether oxygens (including phenoxy) is 2. The van der Waals surface area contributed by atoms with Crippen molar-refractivity contribution in [3.8, 4) is 11.5 Å². The topological polar surface area (TPSA) is 47.6 Å². The zero-order valence-corrected chi connectivity index (χ0v) is 14.9. The van der Waals surface area contributed by atoms with Gasteiger partial charge in [-0.05, 0) is 67.8 Å². The van der Waals surface area contributed by atoms with Crippen LogP contribution in [0.15, 0.2) is 36.4 Å². The van der Waals surface area contributed by atoms with Gasteiger partial charge in [0.05, 0.1) is 6.54 Å². The molecule has 1 amide bonds. The van der Waals surface area contributed by atoms with E-state index >= 15 is 0 Å². The Morgan fingerprint density at radius 2 is 1.67 bits per heavy atom. The van der Waals surface area contributed by atoms with Gasteiger partial charge in [0, 0.05) is 5.02 Å². The number of hydrogen-bond acceptors (Lipinski definition) is 3. The molecule has 0 aromatic heterocycles. The largest absolute Gasteiger partial charge is 0.491 e. The van der Waals surface area contributed by atoms with Crippen LogP contribution in [0.4, 0.5) is 0 Å². The minimum Gasteiger partial charge on any atom is -0.491 e. The molecule has 4 nitrogen and oxygen atoms in total. The van der Waals surface area contributed by atoms with Gasteiger partial charge in [0.25, 0.3) is 5.91 Å². The summed E-state index contributed by atoms with van der Waals surface area (Å²) in [6.45, 7) is 6.94. The van der Waals surface area contributed by atoms with E-state index in [-0.39, 0.29) is 12.5 Å². The number of carbonyl (C=O) groups is 1. The predicted octanol–water partition coefficient (Wildman–Crippen LogP) is 3.84. The molecule has 0 fully saturated rings. The molecule has 0 aliphatic heterocycles. The lowest BCUT2D eigenvalue weighted by molar-refractivity contribution is -0.123. The molecular formula is C19H22ClNO3. The molecule has 0 atom stereocenters. The monoisotopic (exact) mass is 347 g/mol. The molecule has 0 unspecified atom stereocenters. The van der Waals surface area contributed by atoms with E-state index in [4.69, 9.17) is 21.1 Å². The third kappa shape index (κ3) is 5.46. The van der Waals surface area contributed by atoms with E-state index in [1.54, 1.807) is 24.3 Å². The smallest absolute Gasteiger partial charge is 0.258 e. The first-order valence-electron chi connectivity index (χ1n) is 7.81. The van der Waals surface area contributed by atoms with Crippen molar-refractivity contribution >= 4 is 17.5 Å². The Morgan fingerprint density at radius 3 is 2.38 bits per heavy atom. The van der Waals surface area contributed by atoms with Crippen molar-refractivity contribution in [3.63, 3.8) is 0 Å². The first kappa shape index (κ1) is 18.1. The molecule has 0 spiro atoms. The molecule has 0 aliphatic rings. The van der Waals surface area contributed by atoms with Gasteiger partial charge in [-0.3, -0.25) is 4.79 Å². The maximum absolute atomic E-state index is 11.7. The highest BCUT2D eigenvalue weighted by molar-refractivity contribution is 6.30. The summed E-state index contributed by atoms with van der Waals surface area (Å²) in [5.41, 5.74) is 3.53. The van der Waals surface area contributed by atoms with Gasteiger partial charge in [0.2, 0.25) is 0 Å². The van der Waals surface area contributed by atoms with Crippen molar-refractivity contribution in [1.82, 2.24) is 5.32 Å². The van der Waals surface area contributed by atoms with Gasteiger partial charge in [-0.25, -0.2) is 0 Å². The number of hydrogen-bond donors (Lipinski definition) is 1. The van der Waals surface area contributed by atoms with Crippen LogP contribution in [0.25, 0.3) is 0 Å². The highest BCUT2D eigenvalue weighted by atomic mass is 35.5. The maximum atomic E-state index is 11.7. The lowest BCUT2D eigenvalue weighted by Crippen LogP contribution is -2.32.